The van der Waals surface area contributed by atoms with Crippen LogP contribution in [0.25, 0.3) is 28.0 Å². The summed E-state index contributed by atoms with van der Waals surface area (Å²) in [5.74, 6) is -1.75. The summed E-state index contributed by atoms with van der Waals surface area (Å²) >= 11 is 6.80. The van der Waals surface area contributed by atoms with Crippen molar-refractivity contribution < 1.29 is 13.6 Å². The van der Waals surface area contributed by atoms with Crippen molar-refractivity contribution >= 4 is 40.0 Å². The second-order valence-corrected chi connectivity index (χ2v) is 12.1. The fraction of sp³-hybridized carbons (Fsp3) is 0.355. The third kappa shape index (κ3) is 4.77. The van der Waals surface area contributed by atoms with Crippen LogP contribution >= 0.6 is 11.6 Å². The second-order valence-electron chi connectivity index (χ2n) is 11.7. The number of aromatic nitrogens is 5. The molecule has 2 aliphatic carbocycles. The molecule has 1 atom stereocenters. The molecule has 1 aromatic carbocycles. The van der Waals surface area contributed by atoms with Gasteiger partial charge in [-0.15, -0.1) is 0 Å². The molecule has 3 aromatic heterocycles. The van der Waals surface area contributed by atoms with Crippen molar-refractivity contribution in [3.8, 4) is 16.9 Å². The van der Waals surface area contributed by atoms with Crippen LogP contribution in [-0.4, -0.2) is 61.0 Å². The standard InChI is InChI=1S/C31H29ClF2N8O2/c1-15-13-40(30(43)16(2)33)10-11-41(15)28-19-12-20(32)26(23-21(34)4-3-5-22(23)35)38-29(19)42(31(44)39-28)27-24(17-6-7-17)36-14-37-25(27)18-8-9-18/h3-5,12,14-15,17-18H,2,6-11,13,35H2,1H3/t15-/m0/s1. The summed E-state index contributed by atoms with van der Waals surface area (Å²) in [4.78, 5) is 48.4. The van der Waals surface area contributed by atoms with Gasteiger partial charge < -0.3 is 15.5 Å². The van der Waals surface area contributed by atoms with Gasteiger partial charge in [-0.05, 0) is 50.8 Å². The van der Waals surface area contributed by atoms with Crippen LogP contribution in [0.1, 0.15) is 55.8 Å². The first-order chi connectivity index (χ1) is 21.1. The lowest BCUT2D eigenvalue weighted by Gasteiger charge is -2.40. The average Bonchev–Trinajstić information content (AvgIpc) is 3.91. The Labute approximate surface area is 256 Å². The molecule has 1 amide bonds. The van der Waals surface area contributed by atoms with Gasteiger partial charge in [-0.25, -0.2) is 33.1 Å². The van der Waals surface area contributed by atoms with Crippen molar-refractivity contribution in [1.29, 1.82) is 0 Å². The second kappa shape index (κ2) is 10.6. The van der Waals surface area contributed by atoms with Gasteiger partial charge in [0.15, 0.2) is 11.5 Å². The van der Waals surface area contributed by atoms with E-state index < -0.39 is 23.2 Å². The molecule has 226 valence electrons. The molecule has 13 heteroatoms. The van der Waals surface area contributed by atoms with Crippen LogP contribution in [0.15, 0.2) is 47.8 Å². The highest BCUT2D eigenvalue weighted by Gasteiger charge is 2.37. The van der Waals surface area contributed by atoms with E-state index in [-0.39, 0.29) is 65.1 Å². The molecule has 0 radical (unpaired) electrons. The summed E-state index contributed by atoms with van der Waals surface area (Å²) in [5, 5.41) is 0.564. The van der Waals surface area contributed by atoms with E-state index in [0.717, 1.165) is 37.1 Å². The molecule has 2 N–H and O–H groups in total. The van der Waals surface area contributed by atoms with Crippen molar-refractivity contribution in [1.82, 2.24) is 29.4 Å². The number of hydrogen-bond donors (Lipinski definition) is 1. The molecule has 10 nitrogen and oxygen atoms in total. The minimum Gasteiger partial charge on any atom is -0.398 e. The van der Waals surface area contributed by atoms with Crippen molar-refractivity contribution in [2.24, 2.45) is 0 Å². The third-order valence-electron chi connectivity index (χ3n) is 8.53. The van der Waals surface area contributed by atoms with Crippen LogP contribution in [0.3, 0.4) is 0 Å². The molecule has 0 spiro atoms. The van der Waals surface area contributed by atoms with E-state index in [9.17, 15) is 14.0 Å². The molecule has 3 fully saturated rings. The molecular weight excluding hydrogens is 590 g/mol. The lowest BCUT2D eigenvalue weighted by molar-refractivity contribution is -0.129. The van der Waals surface area contributed by atoms with Crippen molar-refractivity contribution in [2.75, 3.05) is 30.3 Å². The number of pyridine rings is 1. The first-order valence-corrected chi connectivity index (χ1v) is 14.9. The predicted octanol–water partition coefficient (Wildman–Crippen LogP) is 4.89. The third-order valence-corrected chi connectivity index (χ3v) is 8.82. The van der Waals surface area contributed by atoms with Crippen LogP contribution < -0.4 is 16.3 Å². The SMILES string of the molecule is C=C(F)C(=O)N1CCN(c2nc(=O)n(-c3c(C4CC4)ncnc3C3CC3)c3nc(-c4c(N)cccc4F)c(Cl)cc23)[C@@H](C)C1. The molecule has 3 aliphatic rings. The lowest BCUT2D eigenvalue weighted by Crippen LogP contribution is -2.54. The van der Waals surface area contributed by atoms with Gasteiger partial charge >= 0.3 is 5.69 Å². The predicted molar refractivity (Wildman–Crippen MR) is 163 cm³/mol. The number of nitrogens with zero attached hydrogens (tertiary/aromatic N) is 7. The van der Waals surface area contributed by atoms with E-state index in [1.54, 1.807) is 18.5 Å². The van der Waals surface area contributed by atoms with Gasteiger partial charge in [0.2, 0.25) is 0 Å². The maximum atomic E-state index is 15.2. The van der Waals surface area contributed by atoms with E-state index in [1.807, 2.05) is 11.8 Å². The van der Waals surface area contributed by atoms with Gasteiger partial charge in [0.05, 0.1) is 38.7 Å². The molecule has 0 unspecified atom stereocenters. The number of rotatable bonds is 6. The average molecular weight is 619 g/mol. The van der Waals surface area contributed by atoms with E-state index >= 15 is 4.39 Å². The Bertz CT molecular complexity index is 1870. The number of hydrogen-bond acceptors (Lipinski definition) is 8. The highest BCUT2D eigenvalue weighted by atomic mass is 35.5. The normalized spacial score (nSPS) is 18.6. The Morgan fingerprint density at radius 3 is 2.36 bits per heavy atom. The summed E-state index contributed by atoms with van der Waals surface area (Å²) in [5.41, 5.74) is 8.16. The molecule has 0 bridgehead atoms. The van der Waals surface area contributed by atoms with Gasteiger partial charge in [0, 0.05) is 43.2 Å². The topological polar surface area (TPSA) is 123 Å². The number of carbonyl (C=O) groups is 1. The highest BCUT2D eigenvalue weighted by Crippen LogP contribution is 2.48. The Kier molecular flexibility index (Phi) is 6.84. The van der Waals surface area contributed by atoms with Crippen molar-refractivity contribution in [3.63, 3.8) is 0 Å². The maximum Gasteiger partial charge on any atom is 0.355 e. The van der Waals surface area contributed by atoms with Crippen LogP contribution in [-0.2, 0) is 4.79 Å². The monoisotopic (exact) mass is 618 g/mol. The zero-order chi connectivity index (χ0) is 30.9. The number of fused-ring (bicyclic) bond motifs is 1. The number of piperazine rings is 1. The van der Waals surface area contributed by atoms with Crippen LogP contribution in [0.4, 0.5) is 20.3 Å². The Morgan fingerprint density at radius 1 is 1.09 bits per heavy atom. The Hall–Kier alpha value is -4.45. The van der Waals surface area contributed by atoms with Crippen LogP contribution in [0, 0.1) is 5.82 Å². The number of anilines is 2. The van der Waals surface area contributed by atoms with E-state index in [4.69, 9.17) is 22.3 Å². The smallest absolute Gasteiger partial charge is 0.355 e. The van der Waals surface area contributed by atoms with Gasteiger partial charge in [-0.3, -0.25) is 4.79 Å². The fourth-order valence-corrected chi connectivity index (χ4v) is 6.31. The largest absolute Gasteiger partial charge is 0.398 e. The van der Waals surface area contributed by atoms with Crippen LogP contribution in [0.5, 0.6) is 0 Å². The summed E-state index contributed by atoms with van der Waals surface area (Å²) in [6, 6.07) is 5.60. The summed E-state index contributed by atoms with van der Waals surface area (Å²) in [6.45, 7) is 5.62. The van der Waals surface area contributed by atoms with Gasteiger partial charge in [0.1, 0.15) is 18.0 Å². The van der Waals surface area contributed by atoms with E-state index in [0.29, 0.717) is 16.9 Å². The molecular formula is C31H29ClF2N8O2. The van der Waals surface area contributed by atoms with Gasteiger partial charge in [-0.1, -0.05) is 24.2 Å². The molecule has 1 aliphatic heterocycles. The zero-order valence-electron chi connectivity index (χ0n) is 23.9. The summed E-state index contributed by atoms with van der Waals surface area (Å²) in [6.07, 6.45) is 5.30. The number of amides is 1. The summed E-state index contributed by atoms with van der Waals surface area (Å²) in [7, 11) is 0. The van der Waals surface area contributed by atoms with E-state index in [2.05, 4.69) is 21.5 Å². The Morgan fingerprint density at radius 2 is 1.77 bits per heavy atom. The molecule has 44 heavy (non-hydrogen) atoms. The number of carbonyl (C=O) groups excluding carboxylic acids is 1. The Balaban J connectivity index is 1.48. The highest BCUT2D eigenvalue weighted by molar-refractivity contribution is 6.34. The maximum absolute atomic E-state index is 15.2. The minimum absolute atomic E-state index is 0.0258. The zero-order valence-corrected chi connectivity index (χ0v) is 24.7. The lowest BCUT2D eigenvalue weighted by atomic mass is 10.1. The molecule has 1 saturated heterocycles. The first-order valence-electron chi connectivity index (χ1n) is 14.6. The number of halogens is 3. The van der Waals surface area contributed by atoms with Gasteiger partial charge in [-0.2, -0.15) is 4.98 Å². The molecule has 7 rings (SSSR count). The number of benzene rings is 1. The minimum atomic E-state index is -1.03. The van der Waals surface area contributed by atoms with Crippen molar-refractivity contribution in [3.05, 3.63) is 75.7 Å². The fourth-order valence-electron chi connectivity index (χ4n) is 6.07. The number of nitrogen functional groups attached to an aromatic ring is 1. The van der Waals surface area contributed by atoms with Crippen molar-refractivity contribution in [2.45, 2.75) is 50.5 Å². The summed E-state index contributed by atoms with van der Waals surface area (Å²) < 4.78 is 30.3. The van der Waals surface area contributed by atoms with Gasteiger partial charge in [0.25, 0.3) is 5.91 Å². The first kappa shape index (κ1) is 28.3. The quantitative estimate of drug-likeness (QED) is 0.239. The molecule has 2 saturated carbocycles. The van der Waals surface area contributed by atoms with Crippen LogP contribution in [0.2, 0.25) is 5.02 Å². The number of nitrogens with two attached hydrogens (primary N) is 1. The molecule has 4 heterocycles. The molecule has 4 aromatic rings. The van der Waals surface area contributed by atoms with E-state index in [1.165, 1.54) is 21.6 Å².